The molecule has 158 valence electrons. The van der Waals surface area contributed by atoms with Crippen molar-refractivity contribution in [1.82, 2.24) is 10.3 Å². The Kier molecular flexibility index (Phi) is 5.65. The molecule has 0 atom stereocenters. The number of hydrogen-bond donors (Lipinski definition) is 2. The van der Waals surface area contributed by atoms with Crippen molar-refractivity contribution in [1.29, 1.82) is 0 Å². The van der Waals surface area contributed by atoms with Gasteiger partial charge in [-0.1, -0.05) is 19.1 Å². The third-order valence-electron chi connectivity index (χ3n) is 6.35. The lowest BCUT2D eigenvalue weighted by Gasteiger charge is -2.36. The average Bonchev–Trinajstić information content (AvgIpc) is 3.21. The fourth-order valence-corrected chi connectivity index (χ4v) is 4.41. The first-order valence-corrected chi connectivity index (χ1v) is 10.9. The molecule has 5 heteroatoms. The Morgan fingerprint density at radius 2 is 1.87 bits per heavy atom. The van der Waals surface area contributed by atoms with Crippen LogP contribution < -0.4 is 5.32 Å². The minimum absolute atomic E-state index is 0.0445. The Balaban J connectivity index is 1.46. The van der Waals surface area contributed by atoms with Crippen molar-refractivity contribution >= 4 is 16.9 Å². The van der Waals surface area contributed by atoms with E-state index in [4.69, 9.17) is 9.40 Å². The number of pyridine rings is 1. The van der Waals surface area contributed by atoms with E-state index in [2.05, 4.69) is 12.2 Å². The van der Waals surface area contributed by atoms with E-state index in [1.165, 1.54) is 0 Å². The van der Waals surface area contributed by atoms with Crippen molar-refractivity contribution in [3.63, 3.8) is 0 Å². The molecule has 1 aliphatic carbocycles. The number of aliphatic hydroxyl groups is 1. The molecule has 1 saturated carbocycles. The second kappa shape index (κ2) is 8.23. The predicted molar refractivity (Wildman–Crippen MR) is 118 cm³/mol. The number of nitrogens with zero attached hydrogens (tertiary/aromatic N) is 1. The van der Waals surface area contributed by atoms with Crippen LogP contribution in [0.3, 0.4) is 0 Å². The number of carbonyl (C=O) groups is 1. The van der Waals surface area contributed by atoms with Gasteiger partial charge in [-0.3, -0.25) is 9.78 Å². The highest BCUT2D eigenvalue weighted by molar-refractivity contribution is 5.96. The Labute approximate surface area is 177 Å². The summed E-state index contributed by atoms with van der Waals surface area (Å²) in [7, 11) is 0. The van der Waals surface area contributed by atoms with Gasteiger partial charge in [0.2, 0.25) is 0 Å². The topological polar surface area (TPSA) is 75.4 Å². The summed E-state index contributed by atoms with van der Waals surface area (Å²) >= 11 is 0. The second-order valence-electron chi connectivity index (χ2n) is 8.90. The van der Waals surface area contributed by atoms with Crippen LogP contribution in [0, 0.1) is 5.92 Å². The molecule has 0 saturated heterocycles. The molecule has 0 aliphatic heterocycles. The molecule has 1 amide bonds. The van der Waals surface area contributed by atoms with Crippen LogP contribution in [0.5, 0.6) is 0 Å². The number of rotatable bonds is 5. The van der Waals surface area contributed by atoms with E-state index >= 15 is 0 Å². The number of fused-ring (bicyclic) bond motifs is 1. The molecule has 0 unspecified atom stereocenters. The molecule has 0 bridgehead atoms. The predicted octanol–water partition coefficient (Wildman–Crippen LogP) is 5.12. The van der Waals surface area contributed by atoms with Gasteiger partial charge in [0.15, 0.2) is 0 Å². The summed E-state index contributed by atoms with van der Waals surface area (Å²) in [6.45, 7) is 5.82. The summed E-state index contributed by atoms with van der Waals surface area (Å²) in [5, 5.41) is 14.3. The fourth-order valence-electron chi connectivity index (χ4n) is 4.41. The molecule has 2 N–H and O–H groups in total. The van der Waals surface area contributed by atoms with Gasteiger partial charge >= 0.3 is 0 Å². The van der Waals surface area contributed by atoms with Crippen molar-refractivity contribution in [3.05, 3.63) is 53.9 Å². The fraction of sp³-hybridized carbons (Fsp3) is 0.440. The van der Waals surface area contributed by atoms with E-state index in [0.717, 1.165) is 60.0 Å². The van der Waals surface area contributed by atoms with Crippen LogP contribution in [0.25, 0.3) is 22.2 Å². The van der Waals surface area contributed by atoms with E-state index < -0.39 is 5.60 Å². The first-order valence-electron chi connectivity index (χ1n) is 10.9. The molecule has 2 aromatic heterocycles. The van der Waals surface area contributed by atoms with Crippen LogP contribution in [-0.2, 0) is 6.42 Å². The summed E-state index contributed by atoms with van der Waals surface area (Å²) in [4.78, 5) is 17.5. The number of nitrogens with one attached hydrogen (secondary N) is 1. The van der Waals surface area contributed by atoms with Gasteiger partial charge in [0.25, 0.3) is 5.91 Å². The van der Waals surface area contributed by atoms with Gasteiger partial charge in [0.1, 0.15) is 5.58 Å². The van der Waals surface area contributed by atoms with Crippen LogP contribution in [0.4, 0.5) is 0 Å². The van der Waals surface area contributed by atoms with E-state index in [9.17, 15) is 9.90 Å². The largest absolute Gasteiger partial charge is 0.464 e. The summed E-state index contributed by atoms with van der Waals surface area (Å²) in [5.41, 5.74) is 3.68. The quantitative estimate of drug-likeness (QED) is 0.617. The Hall–Kier alpha value is -2.66. The maximum atomic E-state index is 12.7. The minimum atomic E-state index is -0.645. The van der Waals surface area contributed by atoms with E-state index in [1.807, 2.05) is 50.2 Å². The molecular formula is C25H30N2O3. The number of carbonyl (C=O) groups excluding carboxylic acids is 1. The Morgan fingerprint density at radius 1 is 1.17 bits per heavy atom. The number of aromatic nitrogens is 1. The Morgan fingerprint density at radius 3 is 2.50 bits per heavy atom. The average molecular weight is 407 g/mol. The highest BCUT2D eigenvalue weighted by Crippen LogP contribution is 2.33. The number of hydrogen-bond acceptors (Lipinski definition) is 4. The zero-order valence-electron chi connectivity index (χ0n) is 17.9. The first kappa shape index (κ1) is 20.6. The van der Waals surface area contributed by atoms with Gasteiger partial charge < -0.3 is 14.8 Å². The summed E-state index contributed by atoms with van der Waals surface area (Å²) in [6.07, 6.45) is 6.21. The van der Waals surface area contributed by atoms with Crippen LogP contribution in [-0.4, -0.2) is 27.6 Å². The number of amides is 1. The molecule has 0 radical (unpaired) electrons. The van der Waals surface area contributed by atoms with Gasteiger partial charge in [0, 0.05) is 34.3 Å². The van der Waals surface area contributed by atoms with E-state index in [0.29, 0.717) is 11.5 Å². The number of furan rings is 1. The summed E-state index contributed by atoms with van der Waals surface area (Å²) in [5.74, 6) is 0.257. The minimum Gasteiger partial charge on any atom is -0.464 e. The van der Waals surface area contributed by atoms with Crippen molar-refractivity contribution < 1.29 is 14.3 Å². The monoisotopic (exact) mass is 406 g/mol. The van der Waals surface area contributed by atoms with Gasteiger partial charge in [-0.2, -0.15) is 0 Å². The zero-order chi connectivity index (χ0) is 21.3. The molecule has 4 rings (SSSR count). The maximum absolute atomic E-state index is 12.7. The maximum Gasteiger partial charge on any atom is 0.251 e. The highest BCUT2D eigenvalue weighted by atomic mass is 16.3. The smallest absolute Gasteiger partial charge is 0.251 e. The molecule has 30 heavy (non-hydrogen) atoms. The third-order valence-corrected chi connectivity index (χ3v) is 6.35. The van der Waals surface area contributed by atoms with Crippen molar-refractivity contribution in [2.24, 2.45) is 5.92 Å². The molecule has 1 fully saturated rings. The van der Waals surface area contributed by atoms with E-state index in [-0.39, 0.29) is 11.9 Å². The molecular weight excluding hydrogens is 376 g/mol. The van der Waals surface area contributed by atoms with Crippen molar-refractivity contribution in [2.75, 3.05) is 0 Å². The lowest BCUT2D eigenvalue weighted by molar-refractivity contribution is -0.00257. The van der Waals surface area contributed by atoms with E-state index in [1.54, 1.807) is 6.26 Å². The Bertz CT molecular complexity index is 1020. The lowest BCUT2D eigenvalue weighted by atomic mass is 9.77. The highest BCUT2D eigenvalue weighted by Gasteiger charge is 2.31. The van der Waals surface area contributed by atoms with Crippen molar-refractivity contribution in [3.8, 4) is 11.3 Å². The second-order valence-corrected chi connectivity index (χ2v) is 8.90. The van der Waals surface area contributed by atoms with Gasteiger partial charge in [-0.05, 0) is 70.1 Å². The summed E-state index contributed by atoms with van der Waals surface area (Å²) < 4.78 is 5.58. The van der Waals surface area contributed by atoms with Crippen LogP contribution in [0.2, 0.25) is 0 Å². The molecule has 1 aliphatic rings. The number of aryl methyl sites for hydroxylation is 1. The first-order chi connectivity index (χ1) is 14.3. The number of benzene rings is 1. The van der Waals surface area contributed by atoms with Crippen LogP contribution >= 0.6 is 0 Å². The molecule has 0 spiro atoms. The SMILES string of the molecule is CCc1cc2occc2c(-c2ccc(C(=O)NC3CCC(C(C)(C)O)CC3)cc2)n1. The molecule has 5 nitrogen and oxygen atoms in total. The molecule has 3 aromatic rings. The van der Waals surface area contributed by atoms with Gasteiger partial charge in [0.05, 0.1) is 17.6 Å². The normalized spacial score (nSPS) is 19.7. The molecule has 2 heterocycles. The van der Waals surface area contributed by atoms with Crippen molar-refractivity contribution in [2.45, 2.75) is 64.5 Å². The molecule has 1 aromatic carbocycles. The zero-order valence-corrected chi connectivity index (χ0v) is 17.9. The standard InChI is InChI=1S/C25H30N2O3/c1-4-19-15-22-21(13-14-30-22)23(26-19)16-5-7-17(8-6-16)24(28)27-20-11-9-18(10-12-20)25(2,3)29/h5-8,13-15,18,20,29H,4,9-12H2,1-3H3,(H,27,28). The van der Waals surface area contributed by atoms with Gasteiger partial charge in [-0.25, -0.2) is 0 Å². The van der Waals surface area contributed by atoms with Crippen LogP contribution in [0.15, 0.2) is 47.1 Å². The van der Waals surface area contributed by atoms with Crippen LogP contribution in [0.1, 0.15) is 62.5 Å². The lowest BCUT2D eigenvalue weighted by Crippen LogP contribution is -2.41. The summed E-state index contributed by atoms with van der Waals surface area (Å²) in [6, 6.07) is 11.7. The van der Waals surface area contributed by atoms with Gasteiger partial charge in [-0.15, -0.1) is 0 Å². The third kappa shape index (κ3) is 4.26.